The third-order valence-electron chi connectivity index (χ3n) is 5.71. The van der Waals surface area contributed by atoms with Crippen LogP contribution in [0.1, 0.15) is 47.8 Å². The highest BCUT2D eigenvalue weighted by Gasteiger charge is 2.29. The summed E-state index contributed by atoms with van der Waals surface area (Å²) in [6, 6.07) is 5.77. The molecule has 2 aromatic rings. The molecule has 2 aliphatic heterocycles. The SMILES string of the molecule is Cl.Cl.O=C(Nc1ccc(F)cc1)c1nnn(CC2CCNCC2)c1C1CCNCC1. The molecule has 0 saturated carbocycles. The van der Waals surface area contributed by atoms with E-state index in [9.17, 15) is 9.18 Å². The number of benzene rings is 1. The number of carbonyl (C=O) groups is 1. The van der Waals surface area contributed by atoms with E-state index in [4.69, 9.17) is 0 Å². The van der Waals surface area contributed by atoms with E-state index >= 15 is 0 Å². The van der Waals surface area contributed by atoms with Crippen molar-refractivity contribution in [1.82, 2.24) is 25.6 Å². The third-order valence-corrected chi connectivity index (χ3v) is 5.71. The summed E-state index contributed by atoms with van der Waals surface area (Å²) in [6.45, 7) is 4.72. The van der Waals surface area contributed by atoms with Crippen LogP contribution in [0.5, 0.6) is 0 Å². The van der Waals surface area contributed by atoms with E-state index in [1.807, 2.05) is 4.68 Å². The molecule has 0 spiro atoms. The van der Waals surface area contributed by atoms with E-state index in [0.717, 1.165) is 64.1 Å². The Morgan fingerprint density at radius 3 is 2.27 bits per heavy atom. The van der Waals surface area contributed by atoms with E-state index in [0.29, 0.717) is 17.3 Å². The number of halogens is 3. The van der Waals surface area contributed by atoms with Gasteiger partial charge in [0, 0.05) is 18.2 Å². The first-order valence-electron chi connectivity index (χ1n) is 10.1. The Balaban J connectivity index is 0.00000160. The molecule has 0 atom stereocenters. The van der Waals surface area contributed by atoms with E-state index in [1.165, 1.54) is 12.1 Å². The molecule has 1 aromatic heterocycles. The van der Waals surface area contributed by atoms with Gasteiger partial charge >= 0.3 is 0 Å². The highest BCUT2D eigenvalue weighted by molar-refractivity contribution is 6.03. The van der Waals surface area contributed by atoms with Crippen LogP contribution in [0.15, 0.2) is 24.3 Å². The molecule has 30 heavy (non-hydrogen) atoms. The Labute approximate surface area is 188 Å². The van der Waals surface area contributed by atoms with Crippen molar-refractivity contribution in [2.45, 2.75) is 38.1 Å². The second kappa shape index (κ2) is 11.6. The van der Waals surface area contributed by atoms with Gasteiger partial charge in [-0.25, -0.2) is 9.07 Å². The maximum atomic E-state index is 13.1. The number of rotatable bonds is 5. The first-order chi connectivity index (χ1) is 13.7. The molecule has 10 heteroatoms. The highest BCUT2D eigenvalue weighted by atomic mass is 35.5. The minimum Gasteiger partial charge on any atom is -0.321 e. The third kappa shape index (κ3) is 5.91. The van der Waals surface area contributed by atoms with Gasteiger partial charge in [-0.2, -0.15) is 0 Å². The second-order valence-corrected chi connectivity index (χ2v) is 7.68. The minimum absolute atomic E-state index is 0. The molecule has 3 N–H and O–H groups in total. The van der Waals surface area contributed by atoms with Crippen LogP contribution in [0.4, 0.5) is 10.1 Å². The van der Waals surface area contributed by atoms with Crippen molar-refractivity contribution in [1.29, 1.82) is 0 Å². The van der Waals surface area contributed by atoms with Gasteiger partial charge in [-0.15, -0.1) is 29.9 Å². The average molecular weight is 459 g/mol. The van der Waals surface area contributed by atoms with Crippen molar-refractivity contribution >= 4 is 36.4 Å². The molecule has 7 nitrogen and oxygen atoms in total. The first kappa shape index (κ1) is 24.5. The summed E-state index contributed by atoms with van der Waals surface area (Å²) in [5.74, 6) is 0.210. The van der Waals surface area contributed by atoms with Crippen molar-refractivity contribution in [3.05, 3.63) is 41.5 Å². The first-order valence-corrected chi connectivity index (χ1v) is 10.1. The molecule has 0 unspecified atom stereocenters. The molecular weight excluding hydrogens is 430 g/mol. The predicted octanol–water partition coefficient (Wildman–Crippen LogP) is 2.98. The van der Waals surface area contributed by atoms with Crippen LogP contribution < -0.4 is 16.0 Å². The predicted molar refractivity (Wildman–Crippen MR) is 119 cm³/mol. The number of amides is 1. The van der Waals surface area contributed by atoms with Gasteiger partial charge in [0.15, 0.2) is 5.69 Å². The zero-order valence-corrected chi connectivity index (χ0v) is 18.4. The molecule has 0 radical (unpaired) electrons. The van der Waals surface area contributed by atoms with Crippen LogP contribution in [0.25, 0.3) is 0 Å². The number of carbonyl (C=O) groups excluding carboxylic acids is 1. The molecule has 166 valence electrons. The molecule has 2 saturated heterocycles. The van der Waals surface area contributed by atoms with Gasteiger partial charge in [0.1, 0.15) is 5.82 Å². The smallest absolute Gasteiger partial charge is 0.278 e. The lowest BCUT2D eigenvalue weighted by Crippen LogP contribution is -2.32. The summed E-state index contributed by atoms with van der Waals surface area (Å²) in [5.41, 5.74) is 1.89. The maximum Gasteiger partial charge on any atom is 0.278 e. The van der Waals surface area contributed by atoms with Crippen LogP contribution in [0.2, 0.25) is 0 Å². The Bertz CT molecular complexity index is 804. The number of hydrogen-bond donors (Lipinski definition) is 3. The fourth-order valence-corrected chi connectivity index (χ4v) is 4.15. The number of nitrogens with one attached hydrogen (secondary N) is 3. The summed E-state index contributed by atoms with van der Waals surface area (Å²) in [7, 11) is 0. The number of nitrogens with zero attached hydrogens (tertiary/aromatic N) is 3. The lowest BCUT2D eigenvalue weighted by Gasteiger charge is -2.26. The van der Waals surface area contributed by atoms with Gasteiger partial charge < -0.3 is 16.0 Å². The fraction of sp³-hybridized carbons (Fsp3) is 0.550. The summed E-state index contributed by atoms with van der Waals surface area (Å²) in [5, 5.41) is 18.2. The van der Waals surface area contributed by atoms with Gasteiger partial charge in [0.2, 0.25) is 0 Å². The molecule has 2 aliphatic rings. The minimum atomic E-state index is -0.332. The van der Waals surface area contributed by atoms with Gasteiger partial charge in [-0.1, -0.05) is 5.21 Å². The molecular formula is C20H29Cl2FN6O. The Kier molecular flexibility index (Phi) is 9.48. The van der Waals surface area contributed by atoms with Crippen LogP contribution in [0, 0.1) is 11.7 Å². The van der Waals surface area contributed by atoms with E-state index in [1.54, 1.807) is 12.1 Å². The summed E-state index contributed by atoms with van der Waals surface area (Å²) in [4.78, 5) is 12.9. The van der Waals surface area contributed by atoms with Gasteiger partial charge in [0.25, 0.3) is 5.91 Å². The van der Waals surface area contributed by atoms with Crippen molar-refractivity contribution in [2.24, 2.45) is 5.92 Å². The number of piperidine rings is 2. The van der Waals surface area contributed by atoms with Gasteiger partial charge in [-0.3, -0.25) is 4.79 Å². The van der Waals surface area contributed by atoms with Gasteiger partial charge in [0.05, 0.1) is 5.69 Å². The topological polar surface area (TPSA) is 83.9 Å². The highest BCUT2D eigenvalue weighted by Crippen LogP contribution is 2.29. The van der Waals surface area contributed by atoms with Crippen LogP contribution >= 0.6 is 24.8 Å². The van der Waals surface area contributed by atoms with Crippen LogP contribution in [-0.2, 0) is 6.54 Å². The summed E-state index contributed by atoms with van der Waals surface area (Å²) < 4.78 is 15.1. The molecule has 4 rings (SSSR count). The lowest BCUT2D eigenvalue weighted by molar-refractivity contribution is 0.102. The normalized spacial score (nSPS) is 17.6. The molecule has 1 amide bonds. The largest absolute Gasteiger partial charge is 0.321 e. The molecule has 1 aromatic carbocycles. The molecule has 0 bridgehead atoms. The Morgan fingerprint density at radius 1 is 1.03 bits per heavy atom. The van der Waals surface area contributed by atoms with E-state index in [2.05, 4.69) is 26.3 Å². The van der Waals surface area contributed by atoms with Crippen LogP contribution in [0.3, 0.4) is 0 Å². The molecule has 3 heterocycles. The summed E-state index contributed by atoms with van der Waals surface area (Å²) >= 11 is 0. The maximum absolute atomic E-state index is 13.1. The lowest BCUT2D eigenvalue weighted by atomic mass is 9.92. The van der Waals surface area contributed by atoms with Crippen molar-refractivity contribution in [3.8, 4) is 0 Å². The average Bonchev–Trinajstić information content (AvgIpc) is 3.15. The number of hydrogen-bond acceptors (Lipinski definition) is 5. The molecule has 0 aliphatic carbocycles. The van der Waals surface area contributed by atoms with Crippen molar-refractivity contribution in [3.63, 3.8) is 0 Å². The number of anilines is 1. The molecule has 2 fully saturated rings. The Morgan fingerprint density at radius 2 is 1.63 bits per heavy atom. The fourth-order valence-electron chi connectivity index (χ4n) is 4.15. The van der Waals surface area contributed by atoms with Crippen molar-refractivity contribution < 1.29 is 9.18 Å². The van der Waals surface area contributed by atoms with Crippen molar-refractivity contribution in [2.75, 3.05) is 31.5 Å². The summed E-state index contributed by atoms with van der Waals surface area (Å²) in [6.07, 6.45) is 4.16. The number of aromatic nitrogens is 3. The second-order valence-electron chi connectivity index (χ2n) is 7.68. The standard InChI is InChI=1S/C20H27FN6O.2ClH/c21-16-1-3-17(4-2-16)24-20(28)18-19(15-7-11-23-12-8-15)27(26-25-18)13-14-5-9-22-10-6-14;;/h1-4,14-15,22-23H,5-13H2,(H,24,28);2*1H. The zero-order valence-electron chi connectivity index (χ0n) is 16.8. The quantitative estimate of drug-likeness (QED) is 0.641. The van der Waals surface area contributed by atoms with E-state index in [-0.39, 0.29) is 42.5 Å². The monoisotopic (exact) mass is 458 g/mol. The Hall–Kier alpha value is -1.74. The van der Waals surface area contributed by atoms with Gasteiger partial charge in [-0.05, 0) is 82.0 Å². The van der Waals surface area contributed by atoms with E-state index < -0.39 is 0 Å². The zero-order chi connectivity index (χ0) is 19.3. The van der Waals surface area contributed by atoms with Crippen LogP contribution in [-0.4, -0.2) is 47.1 Å².